The quantitative estimate of drug-likeness (QED) is 0.605. The van der Waals surface area contributed by atoms with Gasteiger partial charge in [-0.05, 0) is 35.4 Å². The van der Waals surface area contributed by atoms with Gasteiger partial charge >= 0.3 is 11.9 Å². The molecule has 0 atom stereocenters. The first-order valence-corrected chi connectivity index (χ1v) is 8.66. The van der Waals surface area contributed by atoms with Crippen molar-refractivity contribution in [2.75, 3.05) is 14.2 Å². The number of nitrogens with one attached hydrogen (secondary N) is 1. The fraction of sp³-hybridized carbons (Fsp3) is 0.100. The van der Waals surface area contributed by atoms with E-state index >= 15 is 0 Å². The lowest BCUT2D eigenvalue weighted by atomic mass is 9.97. The zero-order valence-corrected chi connectivity index (χ0v) is 16.0. The summed E-state index contributed by atoms with van der Waals surface area (Å²) in [6.07, 6.45) is 0. The van der Waals surface area contributed by atoms with Crippen molar-refractivity contribution in [2.45, 2.75) is 0 Å². The van der Waals surface area contributed by atoms with E-state index in [0.717, 1.165) is 5.56 Å². The number of hydrogen-bond acceptors (Lipinski definition) is 4. The molecule has 0 bridgehead atoms. The summed E-state index contributed by atoms with van der Waals surface area (Å²) in [6.45, 7) is 0. The zero-order chi connectivity index (χ0) is 19.6. The van der Waals surface area contributed by atoms with Crippen LogP contribution in [0.3, 0.4) is 0 Å². The van der Waals surface area contributed by atoms with Crippen LogP contribution < -0.4 is 0 Å². The number of H-pyrrole nitrogens is 1. The number of ether oxygens (including phenoxy) is 2. The second-order valence-electron chi connectivity index (χ2n) is 5.62. The molecule has 0 amide bonds. The molecule has 3 aromatic rings. The van der Waals surface area contributed by atoms with Crippen LogP contribution in [0, 0.1) is 0 Å². The number of aromatic nitrogens is 1. The minimum Gasteiger partial charge on any atom is -0.465 e. The third-order valence-corrected chi connectivity index (χ3v) is 4.55. The molecule has 0 aliphatic carbocycles. The van der Waals surface area contributed by atoms with E-state index in [1.165, 1.54) is 14.2 Å². The lowest BCUT2D eigenvalue weighted by Gasteiger charge is -2.08. The summed E-state index contributed by atoms with van der Waals surface area (Å²) < 4.78 is 9.74. The zero-order valence-electron chi connectivity index (χ0n) is 14.5. The molecule has 5 nitrogen and oxygen atoms in total. The van der Waals surface area contributed by atoms with Crippen LogP contribution in [0.15, 0.2) is 48.5 Å². The monoisotopic (exact) mass is 403 g/mol. The maximum absolute atomic E-state index is 12.5. The standard InChI is InChI=1S/C20H15Cl2NO4/c1-26-19(24)16-15(11-3-7-13(21)8-4-11)17(23-18(16)20(25)27-2)12-5-9-14(22)10-6-12/h3-10,23H,1-2H3. The maximum Gasteiger partial charge on any atom is 0.355 e. The highest BCUT2D eigenvalue weighted by Crippen LogP contribution is 2.38. The van der Waals surface area contributed by atoms with Gasteiger partial charge in [0.15, 0.2) is 0 Å². The second-order valence-corrected chi connectivity index (χ2v) is 6.49. The molecule has 2 aromatic carbocycles. The van der Waals surface area contributed by atoms with Crippen LogP contribution >= 0.6 is 23.2 Å². The summed E-state index contributed by atoms with van der Waals surface area (Å²) in [6, 6.07) is 13.9. The van der Waals surface area contributed by atoms with E-state index in [-0.39, 0.29) is 11.3 Å². The molecule has 1 aromatic heterocycles. The van der Waals surface area contributed by atoms with Crippen molar-refractivity contribution in [3.8, 4) is 22.4 Å². The Kier molecular flexibility index (Phi) is 5.54. The van der Waals surface area contributed by atoms with Gasteiger partial charge in [0.05, 0.1) is 19.9 Å². The van der Waals surface area contributed by atoms with Crippen molar-refractivity contribution < 1.29 is 19.1 Å². The Morgan fingerprint density at radius 3 is 1.74 bits per heavy atom. The summed E-state index contributed by atoms with van der Waals surface area (Å²) >= 11 is 12.0. The van der Waals surface area contributed by atoms with Crippen molar-refractivity contribution in [1.29, 1.82) is 0 Å². The minimum atomic E-state index is -0.675. The van der Waals surface area contributed by atoms with Crippen molar-refractivity contribution in [2.24, 2.45) is 0 Å². The Bertz CT molecular complexity index is 992. The Balaban J connectivity index is 2.36. The summed E-state index contributed by atoms with van der Waals surface area (Å²) in [5.74, 6) is -1.33. The molecular formula is C20H15Cl2NO4. The average molecular weight is 404 g/mol. The van der Waals surface area contributed by atoms with E-state index in [9.17, 15) is 9.59 Å². The molecule has 1 heterocycles. The molecule has 1 N–H and O–H groups in total. The predicted molar refractivity (Wildman–Crippen MR) is 104 cm³/mol. The first-order chi connectivity index (χ1) is 13.0. The van der Waals surface area contributed by atoms with Gasteiger partial charge in [-0.25, -0.2) is 9.59 Å². The lowest BCUT2D eigenvalue weighted by molar-refractivity contribution is 0.0552. The number of carbonyl (C=O) groups is 2. The Labute approximate surface area is 165 Å². The van der Waals surface area contributed by atoms with Crippen LogP contribution in [-0.2, 0) is 9.47 Å². The third-order valence-electron chi connectivity index (χ3n) is 4.04. The minimum absolute atomic E-state index is 0.0132. The van der Waals surface area contributed by atoms with Crippen molar-refractivity contribution in [1.82, 2.24) is 4.98 Å². The Hall–Kier alpha value is -2.76. The number of methoxy groups -OCH3 is 2. The van der Waals surface area contributed by atoms with E-state index in [2.05, 4.69) is 4.98 Å². The highest BCUT2D eigenvalue weighted by atomic mass is 35.5. The van der Waals surface area contributed by atoms with Crippen LogP contribution in [0.4, 0.5) is 0 Å². The van der Waals surface area contributed by atoms with Gasteiger partial charge in [-0.1, -0.05) is 47.5 Å². The van der Waals surface area contributed by atoms with E-state index in [1.807, 2.05) is 0 Å². The predicted octanol–water partition coefficient (Wildman–Crippen LogP) is 5.23. The van der Waals surface area contributed by atoms with Gasteiger partial charge in [0, 0.05) is 15.6 Å². The molecule has 0 radical (unpaired) electrons. The van der Waals surface area contributed by atoms with E-state index in [4.69, 9.17) is 32.7 Å². The highest BCUT2D eigenvalue weighted by molar-refractivity contribution is 6.31. The summed E-state index contributed by atoms with van der Waals surface area (Å²) in [7, 11) is 2.50. The first kappa shape index (κ1) is 19.0. The highest BCUT2D eigenvalue weighted by Gasteiger charge is 2.29. The van der Waals surface area contributed by atoms with Gasteiger partial charge in [-0.15, -0.1) is 0 Å². The molecule has 7 heteroatoms. The number of rotatable bonds is 4. The number of aromatic amines is 1. The second kappa shape index (κ2) is 7.86. The van der Waals surface area contributed by atoms with Crippen LogP contribution in [0.1, 0.15) is 20.8 Å². The molecule has 27 heavy (non-hydrogen) atoms. The number of carbonyl (C=O) groups excluding carboxylic acids is 2. The molecule has 138 valence electrons. The van der Waals surface area contributed by atoms with Gasteiger partial charge in [-0.2, -0.15) is 0 Å². The molecule has 0 aliphatic rings. The Morgan fingerprint density at radius 1 is 0.778 bits per heavy atom. The molecule has 0 aliphatic heterocycles. The maximum atomic E-state index is 12.5. The van der Waals surface area contributed by atoms with Gasteiger partial charge in [-0.3, -0.25) is 0 Å². The number of benzene rings is 2. The third kappa shape index (κ3) is 3.70. The van der Waals surface area contributed by atoms with Crippen molar-refractivity contribution in [3.05, 3.63) is 69.8 Å². The normalized spacial score (nSPS) is 10.5. The van der Waals surface area contributed by atoms with E-state index in [0.29, 0.717) is 26.9 Å². The van der Waals surface area contributed by atoms with Crippen LogP contribution in [0.2, 0.25) is 10.0 Å². The molecule has 0 saturated heterocycles. The van der Waals surface area contributed by atoms with Crippen LogP contribution in [0.5, 0.6) is 0 Å². The summed E-state index contributed by atoms with van der Waals surface area (Å²) in [4.78, 5) is 27.8. The van der Waals surface area contributed by atoms with Crippen LogP contribution in [0.25, 0.3) is 22.4 Å². The van der Waals surface area contributed by atoms with Crippen LogP contribution in [-0.4, -0.2) is 31.1 Å². The summed E-state index contributed by atoms with van der Waals surface area (Å²) in [5, 5.41) is 1.12. The lowest BCUT2D eigenvalue weighted by Crippen LogP contribution is -2.11. The Morgan fingerprint density at radius 2 is 1.26 bits per heavy atom. The van der Waals surface area contributed by atoms with Crippen molar-refractivity contribution >= 4 is 35.1 Å². The van der Waals surface area contributed by atoms with Gasteiger partial charge in [0.2, 0.25) is 0 Å². The summed E-state index contributed by atoms with van der Waals surface area (Å²) in [5.41, 5.74) is 2.62. The SMILES string of the molecule is COC(=O)c1[nH]c(-c2ccc(Cl)cc2)c(-c2ccc(Cl)cc2)c1C(=O)OC. The average Bonchev–Trinajstić information content (AvgIpc) is 3.08. The van der Waals surface area contributed by atoms with Gasteiger partial charge in [0.25, 0.3) is 0 Å². The smallest absolute Gasteiger partial charge is 0.355 e. The number of halogens is 2. The number of hydrogen-bond donors (Lipinski definition) is 1. The van der Waals surface area contributed by atoms with E-state index in [1.54, 1.807) is 48.5 Å². The fourth-order valence-electron chi connectivity index (χ4n) is 2.80. The fourth-order valence-corrected chi connectivity index (χ4v) is 3.05. The topological polar surface area (TPSA) is 68.4 Å². The van der Waals surface area contributed by atoms with Gasteiger partial charge in [0.1, 0.15) is 11.3 Å². The number of esters is 2. The van der Waals surface area contributed by atoms with Gasteiger partial charge < -0.3 is 14.5 Å². The van der Waals surface area contributed by atoms with Crippen molar-refractivity contribution in [3.63, 3.8) is 0 Å². The molecule has 0 saturated carbocycles. The molecule has 0 unspecified atom stereocenters. The molecule has 0 fully saturated rings. The first-order valence-electron chi connectivity index (χ1n) is 7.90. The molecular weight excluding hydrogens is 389 g/mol. The molecule has 0 spiro atoms. The van der Waals surface area contributed by atoms with E-state index < -0.39 is 11.9 Å². The molecule has 3 rings (SSSR count). The largest absolute Gasteiger partial charge is 0.465 e.